The number of amides is 1. The molecule has 7 nitrogen and oxygen atoms in total. The van der Waals surface area contributed by atoms with Crippen LogP contribution in [-0.2, 0) is 4.79 Å². The Bertz CT molecular complexity index is 982. The molecule has 0 atom stereocenters. The molecule has 0 aliphatic carbocycles. The summed E-state index contributed by atoms with van der Waals surface area (Å²) >= 11 is 1.43. The number of aromatic nitrogens is 4. The fourth-order valence-electron chi connectivity index (χ4n) is 3.41. The zero-order valence-corrected chi connectivity index (χ0v) is 17.5. The van der Waals surface area contributed by atoms with Gasteiger partial charge in [-0.3, -0.25) is 9.36 Å². The molecule has 0 unspecified atom stereocenters. The van der Waals surface area contributed by atoms with E-state index in [1.165, 1.54) is 17.3 Å². The Morgan fingerprint density at radius 3 is 2.69 bits per heavy atom. The molecular formula is C21H24N6OS. The van der Waals surface area contributed by atoms with E-state index in [1.54, 1.807) is 12.5 Å². The maximum atomic E-state index is 12.7. The molecule has 0 spiro atoms. The van der Waals surface area contributed by atoms with Gasteiger partial charge in [0.1, 0.15) is 12.1 Å². The first-order valence-corrected chi connectivity index (χ1v) is 10.6. The smallest absolute Gasteiger partial charge is 0.233 e. The van der Waals surface area contributed by atoms with Gasteiger partial charge in [0.15, 0.2) is 5.16 Å². The van der Waals surface area contributed by atoms with Crippen molar-refractivity contribution in [2.45, 2.75) is 19.0 Å². The second-order valence-corrected chi connectivity index (χ2v) is 8.06. The third-order valence-corrected chi connectivity index (χ3v) is 6.00. The molecule has 0 radical (unpaired) electrons. The molecule has 0 saturated carbocycles. The van der Waals surface area contributed by atoms with E-state index in [-0.39, 0.29) is 5.91 Å². The van der Waals surface area contributed by atoms with Crippen molar-refractivity contribution in [3.8, 4) is 5.69 Å². The zero-order valence-electron chi connectivity index (χ0n) is 16.7. The Labute approximate surface area is 174 Å². The molecule has 4 rings (SSSR count). The summed E-state index contributed by atoms with van der Waals surface area (Å²) in [5.41, 5.74) is 3.38. The Kier molecular flexibility index (Phi) is 5.80. The maximum absolute atomic E-state index is 12.7. The monoisotopic (exact) mass is 408 g/mol. The fourth-order valence-corrected chi connectivity index (χ4v) is 4.23. The second kappa shape index (κ2) is 8.65. The van der Waals surface area contributed by atoms with Gasteiger partial charge in [0, 0.05) is 32.4 Å². The number of anilines is 1. The molecule has 2 aromatic heterocycles. The van der Waals surface area contributed by atoms with E-state index in [9.17, 15) is 4.79 Å². The van der Waals surface area contributed by atoms with Crippen molar-refractivity contribution in [2.24, 2.45) is 0 Å². The minimum Gasteiger partial charge on any atom is -0.353 e. The van der Waals surface area contributed by atoms with Crippen LogP contribution >= 0.6 is 11.8 Å². The number of carbonyl (C=O) groups excluding carboxylic acids is 1. The number of hydrogen-bond donors (Lipinski definition) is 0. The van der Waals surface area contributed by atoms with Gasteiger partial charge >= 0.3 is 0 Å². The van der Waals surface area contributed by atoms with Crippen LogP contribution in [0.4, 0.5) is 5.82 Å². The van der Waals surface area contributed by atoms with Gasteiger partial charge in [0.25, 0.3) is 0 Å². The Morgan fingerprint density at radius 2 is 1.93 bits per heavy atom. The normalized spacial score (nSPS) is 14.3. The molecule has 29 heavy (non-hydrogen) atoms. The van der Waals surface area contributed by atoms with Gasteiger partial charge in [-0.05, 0) is 43.2 Å². The van der Waals surface area contributed by atoms with Gasteiger partial charge in [-0.25, -0.2) is 4.98 Å². The van der Waals surface area contributed by atoms with Crippen LogP contribution in [0.5, 0.6) is 0 Å². The number of piperazine rings is 1. The second-order valence-electron chi connectivity index (χ2n) is 7.12. The van der Waals surface area contributed by atoms with Crippen LogP contribution in [0, 0.1) is 13.8 Å². The van der Waals surface area contributed by atoms with Crippen molar-refractivity contribution in [1.82, 2.24) is 24.6 Å². The predicted molar refractivity (Wildman–Crippen MR) is 115 cm³/mol. The van der Waals surface area contributed by atoms with Crippen LogP contribution in [0.2, 0.25) is 0 Å². The van der Waals surface area contributed by atoms with Gasteiger partial charge in [0.05, 0.1) is 11.4 Å². The minimum atomic E-state index is 0.131. The van der Waals surface area contributed by atoms with Gasteiger partial charge < -0.3 is 9.80 Å². The number of pyridine rings is 1. The number of hydrogen-bond acceptors (Lipinski definition) is 6. The lowest BCUT2D eigenvalue weighted by Gasteiger charge is -2.35. The molecule has 1 aromatic carbocycles. The van der Waals surface area contributed by atoms with Crippen molar-refractivity contribution in [2.75, 3.05) is 36.8 Å². The van der Waals surface area contributed by atoms with E-state index in [2.05, 4.69) is 52.1 Å². The molecule has 1 saturated heterocycles. The molecule has 150 valence electrons. The third kappa shape index (κ3) is 4.42. The minimum absolute atomic E-state index is 0.131. The maximum Gasteiger partial charge on any atom is 0.233 e. The van der Waals surface area contributed by atoms with Crippen molar-refractivity contribution in [3.63, 3.8) is 0 Å². The average Bonchev–Trinajstić information content (AvgIpc) is 3.23. The summed E-state index contributed by atoms with van der Waals surface area (Å²) in [6.07, 6.45) is 3.51. The highest BCUT2D eigenvalue weighted by Crippen LogP contribution is 2.23. The highest BCUT2D eigenvalue weighted by molar-refractivity contribution is 7.99. The molecule has 3 heterocycles. The quantitative estimate of drug-likeness (QED) is 0.605. The molecule has 1 aliphatic rings. The fraction of sp³-hybridized carbons (Fsp3) is 0.333. The summed E-state index contributed by atoms with van der Waals surface area (Å²) in [6, 6.07) is 12.2. The SMILES string of the molecule is Cc1ccc(C)c(-n2cnnc2SCC(=O)N2CCN(c3ccccn3)CC2)c1. The van der Waals surface area contributed by atoms with Crippen molar-refractivity contribution >= 4 is 23.5 Å². The van der Waals surface area contributed by atoms with Crippen molar-refractivity contribution in [1.29, 1.82) is 0 Å². The van der Waals surface area contributed by atoms with Crippen molar-refractivity contribution in [3.05, 3.63) is 60.0 Å². The summed E-state index contributed by atoms with van der Waals surface area (Å²) in [5, 5.41) is 9.01. The number of carbonyl (C=O) groups is 1. The summed E-state index contributed by atoms with van der Waals surface area (Å²) in [4.78, 5) is 21.3. The van der Waals surface area contributed by atoms with E-state index >= 15 is 0 Å². The van der Waals surface area contributed by atoms with Crippen LogP contribution in [0.1, 0.15) is 11.1 Å². The molecular weight excluding hydrogens is 384 g/mol. The van der Waals surface area contributed by atoms with Crippen LogP contribution < -0.4 is 4.90 Å². The summed E-state index contributed by atoms with van der Waals surface area (Å²) in [7, 11) is 0. The zero-order chi connectivity index (χ0) is 20.2. The highest BCUT2D eigenvalue weighted by Gasteiger charge is 2.22. The topological polar surface area (TPSA) is 67.2 Å². The standard InChI is InChI=1S/C21H24N6OS/c1-16-6-7-17(2)18(13-16)27-15-23-24-21(27)29-14-20(28)26-11-9-25(10-12-26)19-5-3-4-8-22-19/h3-8,13,15H,9-12,14H2,1-2H3. The van der Waals surface area contributed by atoms with E-state index in [4.69, 9.17) is 0 Å². The largest absolute Gasteiger partial charge is 0.353 e. The molecule has 3 aromatic rings. The number of benzene rings is 1. The summed E-state index contributed by atoms with van der Waals surface area (Å²) in [6.45, 7) is 7.14. The summed E-state index contributed by atoms with van der Waals surface area (Å²) in [5.74, 6) is 1.45. The molecule has 8 heteroatoms. The lowest BCUT2D eigenvalue weighted by Crippen LogP contribution is -2.49. The lowest BCUT2D eigenvalue weighted by molar-refractivity contribution is -0.128. The molecule has 1 amide bonds. The van der Waals surface area contributed by atoms with Gasteiger partial charge in [-0.1, -0.05) is 30.0 Å². The Hall–Kier alpha value is -2.87. The van der Waals surface area contributed by atoms with Crippen LogP contribution in [0.25, 0.3) is 5.69 Å². The van der Waals surface area contributed by atoms with E-state index in [0.717, 1.165) is 35.3 Å². The van der Waals surface area contributed by atoms with Gasteiger partial charge in [-0.15, -0.1) is 10.2 Å². The number of nitrogens with zero attached hydrogens (tertiary/aromatic N) is 6. The molecule has 0 bridgehead atoms. The average molecular weight is 409 g/mol. The number of thioether (sulfide) groups is 1. The first kappa shape index (κ1) is 19.4. The van der Waals surface area contributed by atoms with E-state index < -0.39 is 0 Å². The first-order chi connectivity index (χ1) is 14.1. The Morgan fingerprint density at radius 1 is 1.10 bits per heavy atom. The molecule has 0 N–H and O–H groups in total. The summed E-state index contributed by atoms with van der Waals surface area (Å²) < 4.78 is 1.96. The number of aryl methyl sites for hydroxylation is 2. The van der Waals surface area contributed by atoms with E-state index in [1.807, 2.05) is 27.7 Å². The highest BCUT2D eigenvalue weighted by atomic mass is 32.2. The lowest BCUT2D eigenvalue weighted by atomic mass is 10.1. The van der Waals surface area contributed by atoms with Gasteiger partial charge in [-0.2, -0.15) is 0 Å². The van der Waals surface area contributed by atoms with Crippen molar-refractivity contribution < 1.29 is 4.79 Å². The van der Waals surface area contributed by atoms with E-state index in [0.29, 0.717) is 18.8 Å². The van der Waals surface area contributed by atoms with Crippen LogP contribution in [0.15, 0.2) is 54.1 Å². The van der Waals surface area contributed by atoms with Crippen LogP contribution in [0.3, 0.4) is 0 Å². The molecule has 1 fully saturated rings. The van der Waals surface area contributed by atoms with Crippen LogP contribution in [-0.4, -0.2) is 62.5 Å². The molecule has 1 aliphatic heterocycles. The third-order valence-electron chi connectivity index (χ3n) is 5.07. The Balaban J connectivity index is 1.35. The predicted octanol–water partition coefficient (Wildman–Crippen LogP) is 2.72. The number of rotatable bonds is 5. The van der Waals surface area contributed by atoms with Gasteiger partial charge in [0.2, 0.25) is 5.91 Å². The first-order valence-electron chi connectivity index (χ1n) is 9.66.